The Bertz CT molecular complexity index is 745. The Balaban J connectivity index is 1.87. The standard InChI is InChI=1S/C18H22N2O6/c1-18(2,3)26-17(25)20-14(22)7-6-13(16(20)24)19-12-5-4-11(21)8-10(12)9-15(19)23/h4-5,10,13,21H,6-9H2,1-3H3. The number of allylic oxidation sites excluding steroid dienone is 4. The summed E-state index contributed by atoms with van der Waals surface area (Å²) in [5.74, 6) is -1.62. The highest BCUT2D eigenvalue weighted by Crippen LogP contribution is 2.39. The fourth-order valence-corrected chi connectivity index (χ4v) is 3.51. The Labute approximate surface area is 151 Å². The second-order valence-corrected chi connectivity index (χ2v) is 7.72. The molecule has 4 amide bonds. The highest BCUT2D eigenvalue weighted by Gasteiger charge is 2.48. The van der Waals surface area contributed by atoms with E-state index < -0.39 is 29.6 Å². The maximum absolute atomic E-state index is 12.9. The number of ether oxygens (including phenoxy) is 1. The number of fused-ring (bicyclic) bond motifs is 1. The Kier molecular flexibility index (Phi) is 4.37. The van der Waals surface area contributed by atoms with E-state index in [1.165, 1.54) is 11.0 Å². The molecule has 2 saturated heterocycles. The van der Waals surface area contributed by atoms with Crippen molar-refractivity contribution < 1.29 is 29.0 Å². The number of aliphatic hydroxyl groups is 1. The number of nitrogens with zero attached hydrogens (tertiary/aromatic N) is 2. The van der Waals surface area contributed by atoms with Gasteiger partial charge in [-0.25, -0.2) is 4.79 Å². The Morgan fingerprint density at radius 1 is 1.15 bits per heavy atom. The van der Waals surface area contributed by atoms with E-state index in [2.05, 4.69) is 0 Å². The number of carbonyl (C=O) groups is 4. The van der Waals surface area contributed by atoms with Crippen molar-refractivity contribution in [3.05, 3.63) is 23.6 Å². The van der Waals surface area contributed by atoms with Gasteiger partial charge in [0.2, 0.25) is 11.8 Å². The summed E-state index contributed by atoms with van der Waals surface area (Å²) in [6, 6.07) is -0.919. The van der Waals surface area contributed by atoms with Gasteiger partial charge in [-0.3, -0.25) is 14.4 Å². The molecule has 3 aliphatic rings. The summed E-state index contributed by atoms with van der Waals surface area (Å²) in [6.45, 7) is 4.92. The fraction of sp³-hybridized carbons (Fsp3) is 0.556. The van der Waals surface area contributed by atoms with E-state index >= 15 is 0 Å². The molecule has 1 aliphatic carbocycles. The smallest absolute Gasteiger partial charge is 0.424 e. The molecule has 8 nitrogen and oxygen atoms in total. The summed E-state index contributed by atoms with van der Waals surface area (Å²) in [7, 11) is 0. The van der Waals surface area contributed by atoms with Crippen LogP contribution in [0.25, 0.3) is 0 Å². The molecular weight excluding hydrogens is 340 g/mol. The van der Waals surface area contributed by atoms with Gasteiger partial charge in [-0.1, -0.05) is 0 Å². The summed E-state index contributed by atoms with van der Waals surface area (Å²) in [4.78, 5) is 51.7. The predicted molar refractivity (Wildman–Crippen MR) is 89.5 cm³/mol. The molecule has 0 aromatic rings. The molecule has 0 bridgehead atoms. The number of rotatable bonds is 1. The SMILES string of the molecule is CC(C)(C)OC(=O)N1C(=O)CCC(N2C(=O)CC3CC(O)=CC=C32)C1=O. The van der Waals surface area contributed by atoms with Crippen LogP contribution in [0.15, 0.2) is 23.6 Å². The predicted octanol–water partition coefficient (Wildman–Crippen LogP) is 2.02. The van der Waals surface area contributed by atoms with Crippen molar-refractivity contribution in [2.45, 2.75) is 58.1 Å². The number of aliphatic hydroxyl groups excluding tert-OH is 1. The average Bonchev–Trinajstić information content (AvgIpc) is 2.81. The van der Waals surface area contributed by atoms with Crippen molar-refractivity contribution in [1.29, 1.82) is 0 Å². The Hall–Kier alpha value is -2.64. The van der Waals surface area contributed by atoms with Crippen LogP contribution in [0, 0.1) is 5.92 Å². The van der Waals surface area contributed by atoms with Crippen LogP contribution in [0.3, 0.4) is 0 Å². The average molecular weight is 362 g/mol. The zero-order chi connectivity index (χ0) is 19.2. The summed E-state index contributed by atoms with van der Waals surface area (Å²) >= 11 is 0. The molecule has 2 atom stereocenters. The third-order valence-electron chi connectivity index (χ3n) is 4.56. The zero-order valence-corrected chi connectivity index (χ0v) is 15.0. The molecule has 0 spiro atoms. The quantitative estimate of drug-likeness (QED) is 0.716. The third kappa shape index (κ3) is 3.23. The van der Waals surface area contributed by atoms with E-state index in [1.54, 1.807) is 26.8 Å². The first-order valence-electron chi connectivity index (χ1n) is 8.60. The number of hydrogen-bond donors (Lipinski definition) is 1. The number of carbonyl (C=O) groups excluding carboxylic acids is 4. The van der Waals surface area contributed by atoms with Crippen LogP contribution in [0.4, 0.5) is 4.79 Å². The molecule has 140 valence electrons. The van der Waals surface area contributed by atoms with Crippen molar-refractivity contribution in [3.63, 3.8) is 0 Å². The molecule has 2 aliphatic heterocycles. The molecule has 2 unspecified atom stereocenters. The van der Waals surface area contributed by atoms with Gasteiger partial charge in [-0.2, -0.15) is 4.90 Å². The van der Waals surface area contributed by atoms with Gasteiger partial charge in [0.25, 0.3) is 5.91 Å². The van der Waals surface area contributed by atoms with Gasteiger partial charge in [0.1, 0.15) is 11.6 Å². The lowest BCUT2D eigenvalue weighted by Crippen LogP contribution is -2.57. The Morgan fingerprint density at radius 3 is 2.50 bits per heavy atom. The van der Waals surface area contributed by atoms with E-state index in [-0.39, 0.29) is 36.8 Å². The molecule has 2 heterocycles. The fourth-order valence-electron chi connectivity index (χ4n) is 3.51. The lowest BCUT2D eigenvalue weighted by molar-refractivity contribution is -0.153. The molecule has 3 rings (SSSR count). The minimum atomic E-state index is -1.02. The maximum atomic E-state index is 12.9. The Morgan fingerprint density at radius 2 is 1.85 bits per heavy atom. The lowest BCUT2D eigenvalue weighted by atomic mass is 9.95. The van der Waals surface area contributed by atoms with Crippen LogP contribution in [0.5, 0.6) is 0 Å². The van der Waals surface area contributed by atoms with E-state index in [0.717, 1.165) is 0 Å². The first-order valence-corrected chi connectivity index (χ1v) is 8.60. The molecular formula is C18H22N2O6. The van der Waals surface area contributed by atoms with Crippen molar-refractivity contribution in [1.82, 2.24) is 9.80 Å². The molecule has 26 heavy (non-hydrogen) atoms. The molecule has 1 N–H and O–H groups in total. The van der Waals surface area contributed by atoms with Gasteiger partial charge in [0, 0.05) is 30.9 Å². The zero-order valence-electron chi connectivity index (χ0n) is 15.0. The van der Waals surface area contributed by atoms with Gasteiger partial charge in [0.15, 0.2) is 0 Å². The van der Waals surface area contributed by atoms with Crippen molar-refractivity contribution in [2.75, 3.05) is 0 Å². The number of imide groups is 3. The summed E-state index contributed by atoms with van der Waals surface area (Å²) in [6.07, 6.45) is 2.76. The van der Waals surface area contributed by atoms with Gasteiger partial charge < -0.3 is 14.7 Å². The highest BCUT2D eigenvalue weighted by atomic mass is 16.6. The largest absolute Gasteiger partial charge is 0.512 e. The summed E-state index contributed by atoms with van der Waals surface area (Å²) in [5.41, 5.74) is -0.211. The normalized spacial score (nSPS) is 26.5. The van der Waals surface area contributed by atoms with Gasteiger partial charge in [-0.05, 0) is 39.3 Å². The first-order chi connectivity index (χ1) is 12.1. The third-order valence-corrected chi connectivity index (χ3v) is 4.56. The van der Waals surface area contributed by atoms with Gasteiger partial charge >= 0.3 is 6.09 Å². The number of likely N-dealkylation sites (tertiary alicyclic amines) is 2. The van der Waals surface area contributed by atoms with E-state index in [4.69, 9.17) is 4.74 Å². The molecule has 0 aromatic carbocycles. The van der Waals surface area contributed by atoms with Crippen LogP contribution in [-0.2, 0) is 19.1 Å². The van der Waals surface area contributed by atoms with Crippen LogP contribution in [-0.4, -0.2) is 50.4 Å². The van der Waals surface area contributed by atoms with Crippen LogP contribution >= 0.6 is 0 Å². The highest BCUT2D eigenvalue weighted by molar-refractivity contribution is 6.13. The van der Waals surface area contributed by atoms with Crippen molar-refractivity contribution in [3.8, 4) is 0 Å². The minimum absolute atomic E-state index is 0.0293. The number of piperidine rings is 1. The van der Waals surface area contributed by atoms with Crippen LogP contribution in [0.2, 0.25) is 0 Å². The molecule has 2 fully saturated rings. The molecule has 0 aromatic heterocycles. The van der Waals surface area contributed by atoms with E-state index in [9.17, 15) is 24.3 Å². The minimum Gasteiger partial charge on any atom is -0.512 e. The first kappa shape index (κ1) is 18.2. The van der Waals surface area contributed by atoms with E-state index in [1.807, 2.05) is 0 Å². The van der Waals surface area contributed by atoms with Gasteiger partial charge in [0.05, 0.1) is 5.76 Å². The van der Waals surface area contributed by atoms with Crippen LogP contribution < -0.4 is 0 Å². The summed E-state index contributed by atoms with van der Waals surface area (Å²) in [5, 5.41) is 9.65. The van der Waals surface area contributed by atoms with E-state index in [0.29, 0.717) is 17.0 Å². The maximum Gasteiger partial charge on any atom is 0.424 e. The monoisotopic (exact) mass is 362 g/mol. The van der Waals surface area contributed by atoms with Gasteiger partial charge in [-0.15, -0.1) is 0 Å². The lowest BCUT2D eigenvalue weighted by Gasteiger charge is -2.36. The van der Waals surface area contributed by atoms with Crippen molar-refractivity contribution >= 4 is 23.8 Å². The number of hydrogen-bond acceptors (Lipinski definition) is 6. The molecule has 0 radical (unpaired) electrons. The molecule has 0 saturated carbocycles. The van der Waals surface area contributed by atoms with Crippen LogP contribution in [0.1, 0.15) is 46.5 Å². The number of amides is 4. The topological polar surface area (TPSA) is 104 Å². The second kappa shape index (κ2) is 6.26. The van der Waals surface area contributed by atoms with Crippen molar-refractivity contribution in [2.24, 2.45) is 5.92 Å². The second-order valence-electron chi connectivity index (χ2n) is 7.72. The summed E-state index contributed by atoms with van der Waals surface area (Å²) < 4.78 is 5.16. The molecule has 8 heteroatoms.